The van der Waals surface area contributed by atoms with Crippen molar-refractivity contribution in [2.24, 2.45) is 7.05 Å². The van der Waals surface area contributed by atoms with Crippen LogP contribution < -0.4 is 15.4 Å². The number of benzene rings is 2. The molecule has 5 rings (SSSR count). The fourth-order valence-corrected chi connectivity index (χ4v) is 4.17. The summed E-state index contributed by atoms with van der Waals surface area (Å²) < 4.78 is 7.08. The molecule has 0 bridgehead atoms. The minimum Gasteiger partial charge on any atom is -0.497 e. The second-order valence-corrected chi connectivity index (χ2v) is 8.06. The van der Waals surface area contributed by atoms with Crippen LogP contribution in [0.2, 0.25) is 0 Å². The molecule has 1 aliphatic rings. The van der Waals surface area contributed by atoms with Crippen LogP contribution in [0.25, 0.3) is 22.3 Å². The quantitative estimate of drug-likeness (QED) is 0.522. The third-order valence-corrected chi connectivity index (χ3v) is 5.97. The van der Waals surface area contributed by atoms with E-state index >= 15 is 0 Å². The van der Waals surface area contributed by atoms with Gasteiger partial charge in [-0.1, -0.05) is 42.5 Å². The van der Waals surface area contributed by atoms with Gasteiger partial charge in [0.15, 0.2) is 5.65 Å². The molecule has 0 radical (unpaired) electrons. The van der Waals surface area contributed by atoms with Gasteiger partial charge in [-0.15, -0.1) is 0 Å². The monoisotopic (exact) mass is 429 g/mol. The smallest absolute Gasteiger partial charge is 0.228 e. The Bertz CT molecular complexity index is 1230. The van der Waals surface area contributed by atoms with Crippen LogP contribution in [0.3, 0.4) is 0 Å². The molecule has 2 N–H and O–H groups in total. The summed E-state index contributed by atoms with van der Waals surface area (Å²) in [6.07, 6.45) is 0. The van der Waals surface area contributed by atoms with Crippen molar-refractivity contribution in [2.45, 2.75) is 6.54 Å². The average molecular weight is 430 g/mol. The molecular formula is C24H27N7O. The third-order valence-electron chi connectivity index (χ3n) is 5.97. The molecule has 8 nitrogen and oxygen atoms in total. The summed E-state index contributed by atoms with van der Waals surface area (Å²) in [5.74, 6) is 2.01. The van der Waals surface area contributed by atoms with E-state index in [4.69, 9.17) is 20.4 Å². The largest absolute Gasteiger partial charge is 0.497 e. The molecule has 1 aliphatic heterocycles. The van der Waals surface area contributed by atoms with Gasteiger partial charge in [0.2, 0.25) is 5.95 Å². The van der Waals surface area contributed by atoms with Crippen molar-refractivity contribution in [1.82, 2.24) is 24.6 Å². The number of nitrogens with two attached hydrogens (primary N) is 1. The highest BCUT2D eigenvalue weighted by Crippen LogP contribution is 2.33. The number of ether oxygens (including phenoxy) is 1. The minimum absolute atomic E-state index is 0.553. The maximum Gasteiger partial charge on any atom is 0.228 e. The second kappa shape index (κ2) is 8.47. The topological polar surface area (TPSA) is 85.3 Å². The molecule has 0 saturated carbocycles. The predicted octanol–water partition coefficient (Wildman–Crippen LogP) is 2.94. The summed E-state index contributed by atoms with van der Waals surface area (Å²) in [6, 6.07) is 18.4. The Hall–Kier alpha value is -3.65. The molecule has 0 spiro atoms. The summed E-state index contributed by atoms with van der Waals surface area (Å²) >= 11 is 0. The number of aryl methyl sites for hydroxylation is 1. The molecule has 4 aromatic rings. The lowest BCUT2D eigenvalue weighted by atomic mass is 10.1. The Kier molecular flexibility index (Phi) is 5.36. The van der Waals surface area contributed by atoms with Crippen molar-refractivity contribution in [3.8, 4) is 17.0 Å². The summed E-state index contributed by atoms with van der Waals surface area (Å²) in [7, 11) is 3.49. The normalized spacial score (nSPS) is 14.8. The molecule has 164 valence electrons. The van der Waals surface area contributed by atoms with Crippen molar-refractivity contribution in [2.75, 3.05) is 43.9 Å². The zero-order valence-corrected chi connectivity index (χ0v) is 18.4. The van der Waals surface area contributed by atoms with Crippen molar-refractivity contribution in [1.29, 1.82) is 0 Å². The van der Waals surface area contributed by atoms with E-state index in [9.17, 15) is 0 Å². The van der Waals surface area contributed by atoms with E-state index in [0.717, 1.165) is 55.1 Å². The van der Waals surface area contributed by atoms with E-state index in [0.29, 0.717) is 17.4 Å². The number of nitrogen functional groups attached to an aromatic ring is 1. The number of aromatic nitrogens is 4. The molecule has 1 fully saturated rings. The van der Waals surface area contributed by atoms with Crippen molar-refractivity contribution in [3.05, 3.63) is 60.2 Å². The zero-order valence-electron chi connectivity index (χ0n) is 18.4. The lowest BCUT2D eigenvalue weighted by Gasteiger charge is -2.34. The SMILES string of the molecule is COc1cccc(-c2nc(N3CCN(Cc4ccccc4)CC3)nc3nn(C)c(N)c23)c1. The van der Waals surface area contributed by atoms with Crippen LogP contribution in [-0.4, -0.2) is 57.9 Å². The van der Waals surface area contributed by atoms with Crippen molar-refractivity contribution < 1.29 is 4.74 Å². The molecule has 32 heavy (non-hydrogen) atoms. The van der Waals surface area contributed by atoms with Crippen LogP contribution in [0.1, 0.15) is 5.56 Å². The standard InChI is InChI=1S/C24H27N7O/c1-29-22(25)20-21(18-9-6-10-19(15-18)32-2)26-24(27-23(20)28-29)31-13-11-30(12-14-31)16-17-7-4-3-5-8-17/h3-10,15H,11-14,16,25H2,1-2H3. The number of hydrogen-bond donors (Lipinski definition) is 1. The maximum atomic E-state index is 6.34. The minimum atomic E-state index is 0.553. The fourth-order valence-electron chi connectivity index (χ4n) is 4.17. The second-order valence-electron chi connectivity index (χ2n) is 8.06. The first-order valence-electron chi connectivity index (χ1n) is 10.8. The number of piperazine rings is 1. The van der Waals surface area contributed by atoms with Gasteiger partial charge in [0.05, 0.1) is 18.2 Å². The fraction of sp³-hybridized carbons (Fsp3) is 0.292. The summed E-state index contributed by atoms with van der Waals surface area (Å²) in [5, 5.41) is 5.31. The Morgan fingerprint density at radius 3 is 2.50 bits per heavy atom. The Morgan fingerprint density at radius 1 is 0.969 bits per heavy atom. The van der Waals surface area contributed by atoms with Gasteiger partial charge in [-0.3, -0.25) is 9.58 Å². The van der Waals surface area contributed by atoms with Crippen molar-refractivity contribution >= 4 is 22.8 Å². The number of fused-ring (bicyclic) bond motifs is 1. The van der Waals surface area contributed by atoms with Crippen LogP contribution in [-0.2, 0) is 13.6 Å². The van der Waals surface area contributed by atoms with Gasteiger partial charge in [0.25, 0.3) is 0 Å². The number of hydrogen-bond acceptors (Lipinski definition) is 7. The molecule has 0 aliphatic carbocycles. The maximum absolute atomic E-state index is 6.34. The molecule has 0 unspecified atom stereocenters. The van der Waals surface area contributed by atoms with Gasteiger partial charge in [0.1, 0.15) is 11.6 Å². The highest BCUT2D eigenvalue weighted by atomic mass is 16.5. The molecule has 8 heteroatoms. The zero-order chi connectivity index (χ0) is 22.1. The van der Waals surface area contributed by atoms with E-state index in [1.54, 1.807) is 11.8 Å². The van der Waals surface area contributed by atoms with Gasteiger partial charge in [-0.2, -0.15) is 10.1 Å². The molecule has 2 aromatic heterocycles. The Balaban J connectivity index is 1.45. The molecule has 2 aromatic carbocycles. The summed E-state index contributed by atoms with van der Waals surface area (Å²) in [6.45, 7) is 4.58. The number of rotatable bonds is 5. The van der Waals surface area contributed by atoms with E-state index in [1.165, 1.54) is 5.56 Å². The first kappa shape index (κ1) is 20.3. The van der Waals surface area contributed by atoms with Gasteiger partial charge >= 0.3 is 0 Å². The lowest BCUT2D eigenvalue weighted by Crippen LogP contribution is -2.46. The van der Waals surface area contributed by atoms with Crippen LogP contribution in [0.5, 0.6) is 5.75 Å². The average Bonchev–Trinajstić information content (AvgIpc) is 3.13. The third kappa shape index (κ3) is 3.85. The Labute approximate surface area is 187 Å². The Morgan fingerprint density at radius 2 is 1.75 bits per heavy atom. The number of nitrogens with zero attached hydrogens (tertiary/aromatic N) is 6. The first-order chi connectivity index (χ1) is 15.6. The lowest BCUT2D eigenvalue weighted by molar-refractivity contribution is 0.249. The number of anilines is 2. The highest BCUT2D eigenvalue weighted by molar-refractivity contribution is 5.99. The van der Waals surface area contributed by atoms with Gasteiger partial charge in [-0.25, -0.2) is 4.98 Å². The van der Waals surface area contributed by atoms with Crippen LogP contribution in [0.15, 0.2) is 54.6 Å². The molecule has 0 atom stereocenters. The predicted molar refractivity (Wildman–Crippen MR) is 127 cm³/mol. The van der Waals surface area contributed by atoms with Crippen molar-refractivity contribution in [3.63, 3.8) is 0 Å². The van der Waals surface area contributed by atoms with Crippen LogP contribution in [0.4, 0.5) is 11.8 Å². The van der Waals surface area contributed by atoms with Gasteiger partial charge in [-0.05, 0) is 17.7 Å². The van der Waals surface area contributed by atoms with E-state index in [2.05, 4.69) is 45.2 Å². The number of methoxy groups -OCH3 is 1. The molecule has 3 heterocycles. The van der Waals surface area contributed by atoms with E-state index < -0.39 is 0 Å². The van der Waals surface area contributed by atoms with Gasteiger partial charge < -0.3 is 15.4 Å². The van der Waals surface area contributed by atoms with E-state index in [1.807, 2.05) is 31.3 Å². The molecule has 0 amide bonds. The first-order valence-corrected chi connectivity index (χ1v) is 10.8. The molecule has 1 saturated heterocycles. The van der Waals surface area contributed by atoms with E-state index in [-0.39, 0.29) is 0 Å². The highest BCUT2D eigenvalue weighted by Gasteiger charge is 2.23. The van der Waals surface area contributed by atoms with Gasteiger partial charge in [0, 0.05) is 45.3 Å². The molecular weight excluding hydrogens is 402 g/mol. The summed E-state index contributed by atoms with van der Waals surface area (Å²) in [5.41, 5.74) is 9.99. The summed E-state index contributed by atoms with van der Waals surface area (Å²) in [4.78, 5) is 14.4. The van der Waals surface area contributed by atoms with Crippen LogP contribution in [0, 0.1) is 0 Å². The van der Waals surface area contributed by atoms with Crippen LogP contribution >= 0.6 is 0 Å².